The third-order valence-electron chi connectivity index (χ3n) is 4.27. The molecule has 1 saturated heterocycles. The van der Waals surface area contributed by atoms with Gasteiger partial charge in [-0.05, 0) is 44.8 Å². The first-order valence-electron chi connectivity index (χ1n) is 7.14. The maximum absolute atomic E-state index is 3.74. The van der Waals surface area contributed by atoms with Gasteiger partial charge in [-0.2, -0.15) is 0 Å². The number of piperidine rings is 1. The third-order valence-corrected chi connectivity index (χ3v) is 4.27. The lowest BCUT2D eigenvalue weighted by Crippen LogP contribution is -2.51. The smallest absolute Gasteiger partial charge is 0.0120 e. The maximum atomic E-state index is 3.74. The first-order valence-corrected chi connectivity index (χ1v) is 7.14. The highest BCUT2D eigenvalue weighted by Crippen LogP contribution is 2.20. The fourth-order valence-electron chi connectivity index (χ4n) is 2.87. The van der Waals surface area contributed by atoms with E-state index >= 15 is 0 Å². The molecule has 2 rings (SSSR count). The van der Waals surface area contributed by atoms with Gasteiger partial charge in [0.05, 0.1) is 0 Å². The minimum absolute atomic E-state index is 0.680. The minimum atomic E-state index is 0.680. The van der Waals surface area contributed by atoms with E-state index in [4.69, 9.17) is 0 Å². The monoisotopic (exact) mass is 246 g/mol. The first-order chi connectivity index (χ1) is 8.66. The van der Waals surface area contributed by atoms with Crippen LogP contribution in [-0.2, 0) is 6.42 Å². The van der Waals surface area contributed by atoms with Crippen LogP contribution in [0.2, 0.25) is 0 Å². The van der Waals surface area contributed by atoms with Gasteiger partial charge in [-0.15, -0.1) is 0 Å². The van der Waals surface area contributed by atoms with Crippen LogP contribution in [0.4, 0.5) is 0 Å². The number of hydrogen-bond acceptors (Lipinski definition) is 2. The molecule has 2 nitrogen and oxygen atoms in total. The van der Waals surface area contributed by atoms with E-state index in [0.29, 0.717) is 12.1 Å². The van der Waals surface area contributed by atoms with Crippen LogP contribution in [0.3, 0.4) is 0 Å². The van der Waals surface area contributed by atoms with Crippen molar-refractivity contribution in [1.29, 1.82) is 0 Å². The van der Waals surface area contributed by atoms with Crippen molar-refractivity contribution in [3.63, 3.8) is 0 Å². The van der Waals surface area contributed by atoms with Gasteiger partial charge in [0.2, 0.25) is 0 Å². The average molecular weight is 246 g/mol. The molecule has 0 spiro atoms. The quantitative estimate of drug-likeness (QED) is 0.878. The van der Waals surface area contributed by atoms with Crippen LogP contribution in [-0.4, -0.2) is 37.1 Å². The van der Waals surface area contributed by atoms with E-state index in [0.717, 1.165) is 18.9 Å². The Kier molecular flexibility index (Phi) is 4.79. The zero-order valence-corrected chi connectivity index (χ0v) is 11.9. The Labute approximate surface area is 111 Å². The summed E-state index contributed by atoms with van der Waals surface area (Å²) in [5.74, 6) is 0.752. The summed E-state index contributed by atoms with van der Waals surface area (Å²) >= 11 is 0. The SMILES string of the molecule is C[C@@H]1CN(C)[C@H](C)C[C@H]1NCCc1ccccc1. The lowest BCUT2D eigenvalue weighted by atomic mass is 9.90. The summed E-state index contributed by atoms with van der Waals surface area (Å²) in [6, 6.07) is 12.1. The molecule has 1 aliphatic rings. The largest absolute Gasteiger partial charge is 0.313 e. The number of hydrogen-bond donors (Lipinski definition) is 1. The lowest BCUT2D eigenvalue weighted by Gasteiger charge is -2.40. The lowest BCUT2D eigenvalue weighted by molar-refractivity contribution is 0.122. The highest BCUT2D eigenvalue weighted by atomic mass is 15.2. The summed E-state index contributed by atoms with van der Waals surface area (Å²) in [6.07, 6.45) is 2.40. The van der Waals surface area contributed by atoms with Gasteiger partial charge < -0.3 is 10.2 Å². The highest BCUT2D eigenvalue weighted by molar-refractivity contribution is 5.14. The second kappa shape index (κ2) is 6.35. The molecule has 0 saturated carbocycles. The van der Waals surface area contributed by atoms with Gasteiger partial charge in [0.15, 0.2) is 0 Å². The molecule has 2 heteroatoms. The molecule has 3 atom stereocenters. The van der Waals surface area contributed by atoms with Gasteiger partial charge in [-0.1, -0.05) is 37.3 Å². The normalized spacial score (nSPS) is 29.4. The van der Waals surface area contributed by atoms with Crippen LogP contribution < -0.4 is 5.32 Å². The molecular formula is C16H26N2. The van der Waals surface area contributed by atoms with Crippen LogP contribution in [0.1, 0.15) is 25.8 Å². The highest BCUT2D eigenvalue weighted by Gasteiger charge is 2.28. The molecule has 0 bridgehead atoms. The minimum Gasteiger partial charge on any atom is -0.313 e. The van der Waals surface area contributed by atoms with Crippen molar-refractivity contribution >= 4 is 0 Å². The summed E-state index contributed by atoms with van der Waals surface area (Å²) in [5, 5.41) is 3.74. The fraction of sp³-hybridized carbons (Fsp3) is 0.625. The van der Waals surface area contributed by atoms with Crippen molar-refractivity contribution < 1.29 is 0 Å². The topological polar surface area (TPSA) is 15.3 Å². The van der Waals surface area contributed by atoms with E-state index in [1.807, 2.05) is 0 Å². The molecule has 100 valence electrons. The van der Waals surface area contributed by atoms with Gasteiger partial charge >= 0.3 is 0 Å². The first kappa shape index (κ1) is 13.6. The summed E-state index contributed by atoms with van der Waals surface area (Å²) in [4.78, 5) is 2.47. The molecule has 1 aromatic rings. The maximum Gasteiger partial charge on any atom is 0.0120 e. The number of nitrogens with one attached hydrogen (secondary N) is 1. The van der Waals surface area contributed by atoms with Crippen molar-refractivity contribution in [2.45, 2.75) is 38.8 Å². The molecule has 1 N–H and O–H groups in total. The Balaban J connectivity index is 1.76. The van der Waals surface area contributed by atoms with Crippen molar-refractivity contribution in [3.05, 3.63) is 35.9 Å². The van der Waals surface area contributed by atoms with Gasteiger partial charge in [0.25, 0.3) is 0 Å². The van der Waals surface area contributed by atoms with Crippen LogP contribution in [0.5, 0.6) is 0 Å². The summed E-state index contributed by atoms with van der Waals surface area (Å²) < 4.78 is 0. The van der Waals surface area contributed by atoms with Crippen molar-refractivity contribution in [3.8, 4) is 0 Å². The fourth-order valence-corrected chi connectivity index (χ4v) is 2.87. The molecule has 18 heavy (non-hydrogen) atoms. The number of rotatable bonds is 4. The summed E-state index contributed by atoms with van der Waals surface area (Å²) in [6.45, 7) is 7.00. The van der Waals surface area contributed by atoms with Gasteiger partial charge in [-0.25, -0.2) is 0 Å². The standard InChI is InChI=1S/C16H26N2/c1-13-12-18(3)14(2)11-16(13)17-10-9-15-7-5-4-6-8-15/h4-8,13-14,16-17H,9-12H2,1-3H3/t13-,14-,16-/m1/s1. The Morgan fingerprint density at radius 3 is 2.67 bits per heavy atom. The van der Waals surface area contributed by atoms with Crippen LogP contribution >= 0.6 is 0 Å². The van der Waals surface area contributed by atoms with E-state index in [-0.39, 0.29) is 0 Å². The number of benzene rings is 1. The van der Waals surface area contributed by atoms with E-state index in [1.54, 1.807) is 0 Å². The van der Waals surface area contributed by atoms with E-state index < -0.39 is 0 Å². The number of likely N-dealkylation sites (tertiary alicyclic amines) is 1. The Hall–Kier alpha value is -0.860. The van der Waals surface area contributed by atoms with Crippen LogP contribution in [0.25, 0.3) is 0 Å². The Morgan fingerprint density at radius 2 is 1.94 bits per heavy atom. The zero-order valence-electron chi connectivity index (χ0n) is 11.9. The molecule has 1 aliphatic heterocycles. The van der Waals surface area contributed by atoms with Crippen LogP contribution in [0.15, 0.2) is 30.3 Å². The van der Waals surface area contributed by atoms with Crippen molar-refractivity contribution in [2.75, 3.05) is 20.1 Å². The molecule has 1 heterocycles. The van der Waals surface area contributed by atoms with Gasteiger partial charge in [0.1, 0.15) is 0 Å². The van der Waals surface area contributed by atoms with Gasteiger partial charge in [0, 0.05) is 18.6 Å². The molecule has 0 aliphatic carbocycles. The molecule has 0 unspecified atom stereocenters. The molecule has 0 aromatic heterocycles. The second-order valence-corrected chi connectivity index (χ2v) is 5.80. The second-order valence-electron chi connectivity index (χ2n) is 5.80. The third kappa shape index (κ3) is 3.56. The summed E-state index contributed by atoms with van der Waals surface area (Å²) in [5.41, 5.74) is 1.43. The average Bonchev–Trinajstić information content (AvgIpc) is 2.37. The predicted octanol–water partition coefficient (Wildman–Crippen LogP) is 2.55. The van der Waals surface area contributed by atoms with Crippen molar-refractivity contribution in [2.24, 2.45) is 5.92 Å². The van der Waals surface area contributed by atoms with E-state index in [2.05, 4.69) is 61.4 Å². The van der Waals surface area contributed by atoms with Crippen LogP contribution in [0, 0.1) is 5.92 Å². The molecule has 1 aromatic carbocycles. The van der Waals surface area contributed by atoms with E-state index in [1.165, 1.54) is 18.5 Å². The summed E-state index contributed by atoms with van der Waals surface area (Å²) in [7, 11) is 2.24. The van der Waals surface area contributed by atoms with Gasteiger partial charge in [-0.3, -0.25) is 0 Å². The number of nitrogens with zero attached hydrogens (tertiary/aromatic N) is 1. The van der Waals surface area contributed by atoms with E-state index in [9.17, 15) is 0 Å². The Morgan fingerprint density at radius 1 is 1.22 bits per heavy atom. The molecule has 0 amide bonds. The predicted molar refractivity (Wildman–Crippen MR) is 77.8 cm³/mol. The Bertz CT molecular complexity index is 349. The molecular weight excluding hydrogens is 220 g/mol. The molecule has 1 fully saturated rings. The zero-order chi connectivity index (χ0) is 13.0. The molecule has 0 radical (unpaired) electrons. The van der Waals surface area contributed by atoms with Crippen molar-refractivity contribution in [1.82, 2.24) is 10.2 Å².